The van der Waals surface area contributed by atoms with Crippen molar-refractivity contribution in [2.75, 3.05) is 26.7 Å². The molecule has 2 heterocycles. The topological polar surface area (TPSA) is 121 Å². The Balaban J connectivity index is 1.25. The molecule has 290 valence electrons. The zero-order valence-corrected chi connectivity index (χ0v) is 33.3. The minimum Gasteiger partial charge on any atom is -0.346 e. The quantitative estimate of drug-likeness (QED) is 0.185. The SMILES string of the molecule is CCC[C@H](CC(=O)[C@@H]1C[C@@]2(CN1C(=O)[C@@H](CC(=O)[C@@H](NC(=O)C1CN(C)C1)C1CCCCC1)C(C)(C)C)C(C)(C)C21CCC1)C(=O)C(=O)CC1CC1. The van der Waals surface area contributed by atoms with Gasteiger partial charge in [0.05, 0.1) is 18.0 Å². The molecule has 0 aromatic rings. The van der Waals surface area contributed by atoms with E-state index in [1.54, 1.807) is 0 Å². The van der Waals surface area contributed by atoms with Crippen LogP contribution in [-0.4, -0.2) is 83.5 Å². The number of nitrogens with one attached hydrogen (secondary N) is 1. The summed E-state index contributed by atoms with van der Waals surface area (Å²) in [5, 5.41) is 3.18. The molecule has 0 unspecified atom stereocenters. The van der Waals surface area contributed by atoms with Gasteiger partial charge in [0.15, 0.2) is 17.3 Å². The van der Waals surface area contributed by atoms with Crippen LogP contribution in [0.5, 0.6) is 0 Å². The van der Waals surface area contributed by atoms with Crippen LogP contribution in [0.15, 0.2) is 0 Å². The van der Waals surface area contributed by atoms with Crippen molar-refractivity contribution in [3.8, 4) is 0 Å². The van der Waals surface area contributed by atoms with Gasteiger partial charge in [-0.05, 0) is 86.5 Å². The molecule has 6 fully saturated rings. The van der Waals surface area contributed by atoms with Crippen molar-refractivity contribution in [3.63, 3.8) is 0 Å². The van der Waals surface area contributed by atoms with E-state index >= 15 is 4.79 Å². The minimum atomic E-state index is -0.679. The van der Waals surface area contributed by atoms with Crippen molar-refractivity contribution in [2.45, 2.75) is 156 Å². The van der Waals surface area contributed by atoms with Gasteiger partial charge in [-0.25, -0.2) is 0 Å². The Morgan fingerprint density at radius 2 is 1.52 bits per heavy atom. The molecule has 9 nitrogen and oxygen atoms in total. The van der Waals surface area contributed by atoms with Gasteiger partial charge in [-0.2, -0.15) is 0 Å². The molecule has 2 spiro atoms. The summed E-state index contributed by atoms with van der Waals surface area (Å²) in [4.78, 5) is 87.7. The molecule has 1 N–H and O–H groups in total. The number of likely N-dealkylation sites (tertiary alicyclic amines) is 2. The first-order chi connectivity index (χ1) is 24.5. The summed E-state index contributed by atoms with van der Waals surface area (Å²) in [6.07, 6.45) is 12.3. The van der Waals surface area contributed by atoms with Gasteiger partial charge in [0.2, 0.25) is 17.6 Å². The first-order valence-corrected chi connectivity index (χ1v) is 20.9. The van der Waals surface area contributed by atoms with E-state index in [2.05, 4.69) is 24.1 Å². The van der Waals surface area contributed by atoms with Crippen molar-refractivity contribution < 1.29 is 28.8 Å². The molecule has 0 aromatic heterocycles. The first-order valence-electron chi connectivity index (χ1n) is 20.9. The molecule has 0 bridgehead atoms. The van der Waals surface area contributed by atoms with Crippen LogP contribution in [0.3, 0.4) is 0 Å². The molecule has 4 aliphatic carbocycles. The monoisotopic (exact) mass is 722 g/mol. The zero-order valence-electron chi connectivity index (χ0n) is 33.3. The van der Waals surface area contributed by atoms with E-state index in [-0.39, 0.29) is 76.5 Å². The number of rotatable bonds is 16. The van der Waals surface area contributed by atoms with Crippen LogP contribution in [0.4, 0.5) is 0 Å². The highest BCUT2D eigenvalue weighted by molar-refractivity contribution is 6.38. The highest BCUT2D eigenvalue weighted by atomic mass is 16.2. The third-order valence-electron chi connectivity index (χ3n) is 15.3. The molecular weight excluding hydrogens is 654 g/mol. The predicted molar refractivity (Wildman–Crippen MR) is 200 cm³/mol. The third-order valence-corrected chi connectivity index (χ3v) is 15.3. The molecule has 2 amide bonds. The van der Waals surface area contributed by atoms with Crippen LogP contribution < -0.4 is 5.32 Å². The van der Waals surface area contributed by atoms with E-state index < -0.39 is 35.1 Å². The fourth-order valence-corrected chi connectivity index (χ4v) is 11.4. The maximum absolute atomic E-state index is 15.1. The molecule has 5 atom stereocenters. The van der Waals surface area contributed by atoms with Gasteiger partial charge in [0.1, 0.15) is 0 Å². The second-order valence-electron chi connectivity index (χ2n) is 19.8. The van der Waals surface area contributed by atoms with Crippen molar-refractivity contribution >= 4 is 34.9 Å². The highest BCUT2D eigenvalue weighted by Gasteiger charge is 2.85. The number of hydrogen-bond donors (Lipinski definition) is 1. The normalized spacial score (nSPS) is 28.8. The number of fused-ring (bicyclic) bond motifs is 1. The summed E-state index contributed by atoms with van der Waals surface area (Å²) in [5.74, 6) is -2.28. The zero-order chi connectivity index (χ0) is 37.8. The molecule has 0 aromatic carbocycles. The van der Waals surface area contributed by atoms with Gasteiger partial charge in [0, 0.05) is 56.1 Å². The molecule has 9 heteroatoms. The van der Waals surface area contributed by atoms with Gasteiger partial charge in [-0.15, -0.1) is 0 Å². The maximum atomic E-state index is 15.1. The number of ketones is 4. The Hall–Kier alpha value is -2.42. The number of hydrogen-bond acceptors (Lipinski definition) is 7. The standard InChI is InChI=1S/C43H67N3O6/c1-8-13-29(37(50)35(49)20-27-16-17-27)21-33(47)32-23-43(41(5,6)42(43)18-12-19-42)26-46(32)39(52)31(40(2,3)4)22-34(48)36(28-14-10-9-11-15-28)44-38(51)30-24-45(7)25-30/h27-32,36H,8-26H2,1-7H3,(H,44,51)/t29-,31-,32+,36+,43-/m1/s1. The Morgan fingerprint density at radius 3 is 2.04 bits per heavy atom. The summed E-state index contributed by atoms with van der Waals surface area (Å²) in [6, 6.07) is -1.30. The lowest BCUT2D eigenvalue weighted by Crippen LogP contribution is -2.56. The Morgan fingerprint density at radius 1 is 0.865 bits per heavy atom. The van der Waals surface area contributed by atoms with E-state index in [9.17, 15) is 24.0 Å². The van der Waals surface area contributed by atoms with Gasteiger partial charge in [0.25, 0.3) is 0 Å². The fraction of sp³-hybridized carbons (Fsp3) is 0.860. The van der Waals surface area contributed by atoms with Crippen molar-refractivity contribution in [3.05, 3.63) is 0 Å². The maximum Gasteiger partial charge on any atom is 0.227 e. The average molecular weight is 722 g/mol. The molecule has 4 saturated carbocycles. The molecule has 6 aliphatic rings. The minimum absolute atomic E-state index is 0.0138. The Bertz CT molecular complexity index is 1430. The number of amides is 2. The summed E-state index contributed by atoms with van der Waals surface area (Å²) in [5.41, 5.74) is -0.673. The number of Topliss-reactive ketones (excluding diaryl/α,β-unsaturated/α-hetero) is 4. The van der Waals surface area contributed by atoms with Gasteiger partial charge in [-0.3, -0.25) is 28.8 Å². The smallest absolute Gasteiger partial charge is 0.227 e. The molecule has 0 radical (unpaired) electrons. The van der Waals surface area contributed by atoms with E-state index in [0.29, 0.717) is 44.8 Å². The van der Waals surface area contributed by atoms with E-state index in [1.165, 1.54) is 0 Å². The summed E-state index contributed by atoms with van der Waals surface area (Å²) < 4.78 is 0. The van der Waals surface area contributed by atoms with Crippen LogP contribution >= 0.6 is 0 Å². The summed E-state index contributed by atoms with van der Waals surface area (Å²) >= 11 is 0. The number of carbonyl (C=O) groups excluding carboxylic acids is 6. The largest absolute Gasteiger partial charge is 0.346 e. The number of carbonyl (C=O) groups is 6. The van der Waals surface area contributed by atoms with Crippen LogP contribution in [0.25, 0.3) is 0 Å². The van der Waals surface area contributed by atoms with E-state index in [4.69, 9.17) is 0 Å². The average Bonchev–Trinajstić information content (AvgIpc) is 3.88. The molecular formula is C43H67N3O6. The Kier molecular flexibility index (Phi) is 11.1. The van der Waals surface area contributed by atoms with Gasteiger partial charge >= 0.3 is 0 Å². The third kappa shape index (κ3) is 7.10. The van der Waals surface area contributed by atoms with Gasteiger partial charge in [-0.1, -0.05) is 73.6 Å². The first kappa shape index (κ1) is 39.3. The van der Waals surface area contributed by atoms with Crippen molar-refractivity contribution in [1.82, 2.24) is 15.1 Å². The van der Waals surface area contributed by atoms with E-state index in [0.717, 1.165) is 64.2 Å². The lowest BCUT2D eigenvalue weighted by Gasteiger charge is -2.39. The molecule has 2 saturated heterocycles. The molecule has 52 heavy (non-hydrogen) atoms. The lowest BCUT2D eigenvalue weighted by atomic mass is 9.73. The van der Waals surface area contributed by atoms with Crippen molar-refractivity contribution in [1.29, 1.82) is 0 Å². The second kappa shape index (κ2) is 14.7. The second-order valence-corrected chi connectivity index (χ2v) is 19.8. The fourth-order valence-electron chi connectivity index (χ4n) is 11.4. The van der Waals surface area contributed by atoms with E-state index in [1.807, 2.05) is 39.6 Å². The summed E-state index contributed by atoms with van der Waals surface area (Å²) in [7, 11) is 1.99. The van der Waals surface area contributed by atoms with Crippen LogP contribution in [-0.2, 0) is 28.8 Å². The predicted octanol–water partition coefficient (Wildman–Crippen LogP) is 6.35. The lowest BCUT2D eigenvalue weighted by molar-refractivity contribution is -0.147. The van der Waals surface area contributed by atoms with Crippen LogP contribution in [0.2, 0.25) is 0 Å². The summed E-state index contributed by atoms with van der Waals surface area (Å²) in [6.45, 7) is 14.4. The van der Waals surface area contributed by atoms with Crippen molar-refractivity contribution in [2.24, 2.45) is 51.2 Å². The Labute approximate surface area is 312 Å². The number of nitrogens with zero attached hydrogens (tertiary/aromatic N) is 2. The van der Waals surface area contributed by atoms with Crippen LogP contribution in [0.1, 0.15) is 144 Å². The van der Waals surface area contributed by atoms with Gasteiger partial charge < -0.3 is 15.1 Å². The molecule has 6 rings (SSSR count). The van der Waals surface area contributed by atoms with Crippen LogP contribution in [0, 0.1) is 51.2 Å². The highest BCUT2D eigenvalue weighted by Crippen LogP contribution is 2.88. The molecule has 2 aliphatic heterocycles.